The van der Waals surface area contributed by atoms with E-state index < -0.39 is 0 Å². The molecule has 0 nitrogen and oxygen atoms in total. The summed E-state index contributed by atoms with van der Waals surface area (Å²) in [6, 6.07) is 73.4. The van der Waals surface area contributed by atoms with Crippen LogP contribution in [-0.4, -0.2) is 6.41 Å². The van der Waals surface area contributed by atoms with Crippen LogP contribution in [0.2, 0.25) is 0 Å². The predicted octanol–water partition coefficient (Wildman–Crippen LogP) is 12.9. The zero-order valence-electron chi connectivity index (χ0n) is 45.3. The summed E-state index contributed by atoms with van der Waals surface area (Å²) in [6.45, 7) is 17.3. The van der Waals surface area contributed by atoms with Crippen LogP contribution in [-0.2, 0) is 48.5 Å². The first kappa shape index (κ1) is 61.4. The Labute approximate surface area is 496 Å². The summed E-state index contributed by atoms with van der Waals surface area (Å²) in [6.07, 6.45) is 17.2. The molecule has 0 unspecified atom stereocenters. The fourth-order valence-corrected chi connectivity index (χ4v) is 10.6. The Balaban J connectivity index is 0.000000170. The van der Waals surface area contributed by atoms with Crippen molar-refractivity contribution >= 4 is 49.5 Å². The second-order valence-electron chi connectivity index (χ2n) is 19.7. The van der Waals surface area contributed by atoms with Gasteiger partial charge in [0.1, 0.15) is 0 Å². The first-order valence-electron chi connectivity index (χ1n) is 25.9. The third-order valence-electron chi connectivity index (χ3n) is 13.0. The summed E-state index contributed by atoms with van der Waals surface area (Å²) >= 11 is 2.92. The molecule has 0 heterocycles. The summed E-state index contributed by atoms with van der Waals surface area (Å²) in [5.41, 5.74) is 13.4. The van der Waals surface area contributed by atoms with Crippen molar-refractivity contribution in [3.8, 4) is 0 Å². The van der Waals surface area contributed by atoms with Gasteiger partial charge in [-0.25, -0.2) is 23.3 Å². The van der Waals surface area contributed by atoms with E-state index in [2.05, 4.69) is 298 Å². The number of allylic oxidation sites excluding steroid dienone is 8. The average Bonchev–Trinajstić information content (AvgIpc) is 4.28. The van der Waals surface area contributed by atoms with Crippen LogP contribution in [0.5, 0.6) is 0 Å². The molecular weight excluding hydrogens is 1120 g/mol. The second kappa shape index (κ2) is 31.1. The van der Waals surface area contributed by atoms with E-state index in [1.54, 1.807) is 0 Å². The van der Waals surface area contributed by atoms with Crippen LogP contribution in [0.3, 0.4) is 0 Å². The standard InChI is InChI=1S/2C15H13.2C13H10.2C8H11.2ClH.2Zr/c2*1-10-3-5-14-12(7-10)9-13-8-11(2)4-6-15(13)14;2*1-3-7-12(8-4-1)11-13-9-5-2-6-10-13;2*1-7(2)8-5-3-4-6-8;;;;/h2*3-9H,1-2H3;2*1-10H;2*3,5,7H,4H2,1-2H3;2*1H;;/q2*-1;;;2*-1;;;2*+2/p-2. The Kier molecular flexibility index (Phi) is 25.1. The minimum absolute atomic E-state index is 0. The van der Waals surface area contributed by atoms with Crippen LogP contribution in [0.1, 0.15) is 85.0 Å². The van der Waals surface area contributed by atoms with Crippen molar-refractivity contribution in [2.24, 2.45) is 11.8 Å². The molecule has 0 saturated carbocycles. The summed E-state index contributed by atoms with van der Waals surface area (Å²) in [7, 11) is 0. The van der Waals surface area contributed by atoms with Gasteiger partial charge in [0.2, 0.25) is 0 Å². The Bertz CT molecular complexity index is 3120. The average molecular weight is 1190 g/mol. The molecule has 4 heteroatoms. The van der Waals surface area contributed by atoms with Crippen molar-refractivity contribution in [2.75, 3.05) is 0 Å². The van der Waals surface area contributed by atoms with Gasteiger partial charge in [0.15, 0.2) is 0 Å². The van der Waals surface area contributed by atoms with Crippen LogP contribution in [0.15, 0.2) is 242 Å². The maximum atomic E-state index is 3.26. The molecule has 0 radical (unpaired) electrons. The first-order chi connectivity index (χ1) is 35.8. The minimum atomic E-state index is 0. The third kappa shape index (κ3) is 17.8. The van der Waals surface area contributed by atoms with E-state index in [1.165, 1.54) is 154 Å². The van der Waals surface area contributed by atoms with Gasteiger partial charge in [0.25, 0.3) is 0 Å². The van der Waals surface area contributed by atoms with Gasteiger partial charge in [-0.05, 0) is 27.7 Å². The second-order valence-corrected chi connectivity index (χ2v) is 22.1. The number of aryl methyl sites for hydroxylation is 4. The number of halogens is 2. The molecule has 12 rings (SSSR count). The normalized spacial score (nSPS) is 11.8. The van der Waals surface area contributed by atoms with E-state index in [1.807, 2.05) is 0 Å². The molecule has 0 amide bonds. The molecule has 0 saturated heterocycles. The van der Waals surface area contributed by atoms with Crippen LogP contribution in [0.25, 0.3) is 43.1 Å². The quantitative estimate of drug-likeness (QED) is 0.146. The number of hydrogen-bond acceptors (Lipinski definition) is 0. The first-order valence-corrected chi connectivity index (χ1v) is 28.4. The molecule has 2 aliphatic rings. The Morgan fingerprint density at radius 3 is 0.789 bits per heavy atom. The van der Waals surface area contributed by atoms with Gasteiger partial charge in [-0.2, -0.15) is 12.2 Å². The van der Waals surface area contributed by atoms with Crippen molar-refractivity contribution in [3.63, 3.8) is 0 Å². The zero-order valence-corrected chi connectivity index (χ0v) is 51.7. The monoisotopic (exact) mass is 1180 g/mol. The molecule has 0 aromatic heterocycles. The maximum absolute atomic E-state index is 3.26. The molecule has 0 bridgehead atoms. The zero-order chi connectivity index (χ0) is 52.4. The molecule has 10 aromatic carbocycles. The molecule has 0 spiro atoms. The fraction of sp³-hybridized carbons (Fsp3) is 0.167. The SMILES string of the molecule is CC(C)C1=[C-]CC=C1.CC(C)C1=[C-]CC=C1.Cc1ccc2c(c1)[cH-]c1cc(C)ccc12.Cc1ccc2c(c1)[cH-]c1cc(C)ccc12.[Cl-].[Cl-].[Zr+2]=[C](c1ccccc1)c1ccccc1.[Zr+2]=[C](c1ccccc1)c1ccccc1. The van der Waals surface area contributed by atoms with Crippen LogP contribution in [0.4, 0.5) is 0 Å². The Morgan fingerprint density at radius 1 is 0.368 bits per heavy atom. The Hall–Kier alpha value is -5.45. The molecule has 0 atom stereocenters. The number of rotatable bonds is 6. The summed E-state index contributed by atoms with van der Waals surface area (Å²) in [5, 5.41) is 10.9. The third-order valence-corrected chi connectivity index (χ3v) is 15.8. The summed E-state index contributed by atoms with van der Waals surface area (Å²) < 4.78 is 2.83. The van der Waals surface area contributed by atoms with E-state index in [0.717, 1.165) is 12.8 Å². The number of hydrogen-bond donors (Lipinski definition) is 0. The molecule has 2 aliphatic carbocycles. The van der Waals surface area contributed by atoms with Crippen molar-refractivity contribution in [1.29, 1.82) is 0 Å². The van der Waals surface area contributed by atoms with Crippen molar-refractivity contribution in [3.05, 3.63) is 298 Å². The van der Waals surface area contributed by atoms with Crippen molar-refractivity contribution < 1.29 is 73.3 Å². The van der Waals surface area contributed by atoms with Gasteiger partial charge in [0, 0.05) is 0 Å². The molecule has 10 aromatic rings. The van der Waals surface area contributed by atoms with Gasteiger partial charge >= 0.3 is 198 Å². The summed E-state index contributed by atoms with van der Waals surface area (Å²) in [5.74, 6) is 1.32. The van der Waals surface area contributed by atoms with Gasteiger partial charge < -0.3 is 24.8 Å². The van der Waals surface area contributed by atoms with E-state index >= 15 is 0 Å². The van der Waals surface area contributed by atoms with Gasteiger partial charge in [-0.3, -0.25) is 12.2 Å². The molecule has 380 valence electrons. The topological polar surface area (TPSA) is 0 Å². The van der Waals surface area contributed by atoms with Gasteiger partial charge in [0.05, 0.1) is 0 Å². The molecular formula is C72H68Cl2Zr2-2. The number of fused-ring (bicyclic) bond motifs is 6. The van der Waals surface area contributed by atoms with E-state index in [4.69, 9.17) is 0 Å². The van der Waals surface area contributed by atoms with Crippen LogP contribution < -0.4 is 24.8 Å². The van der Waals surface area contributed by atoms with Crippen molar-refractivity contribution in [2.45, 2.75) is 68.2 Å². The molecule has 76 heavy (non-hydrogen) atoms. The molecule has 0 fully saturated rings. The predicted molar refractivity (Wildman–Crippen MR) is 316 cm³/mol. The van der Waals surface area contributed by atoms with Gasteiger partial charge in [-0.15, -0.1) is 92.3 Å². The van der Waals surface area contributed by atoms with Crippen LogP contribution in [0, 0.1) is 51.7 Å². The molecule has 0 N–H and O–H groups in total. The Morgan fingerprint density at radius 2 is 0.605 bits per heavy atom. The van der Waals surface area contributed by atoms with E-state index in [0.29, 0.717) is 11.8 Å². The van der Waals surface area contributed by atoms with Gasteiger partial charge in [-0.1, -0.05) is 110 Å². The molecule has 0 aliphatic heterocycles. The fourth-order valence-electron chi connectivity index (χ4n) is 8.91. The van der Waals surface area contributed by atoms with Crippen LogP contribution >= 0.6 is 0 Å². The number of benzene rings is 8. The summed E-state index contributed by atoms with van der Waals surface area (Å²) in [4.78, 5) is 0. The van der Waals surface area contributed by atoms with E-state index in [-0.39, 0.29) is 24.8 Å². The van der Waals surface area contributed by atoms with Crippen molar-refractivity contribution in [1.82, 2.24) is 0 Å². The van der Waals surface area contributed by atoms with E-state index in [9.17, 15) is 0 Å².